The van der Waals surface area contributed by atoms with Gasteiger partial charge >= 0.3 is 6.18 Å². The van der Waals surface area contributed by atoms with Crippen molar-refractivity contribution in [3.05, 3.63) is 78.0 Å². The maximum absolute atomic E-state index is 13.2. The Balaban J connectivity index is 1.45. The summed E-state index contributed by atoms with van der Waals surface area (Å²) in [6.45, 7) is 0.353. The highest BCUT2D eigenvalue weighted by atomic mass is 19.4. The Morgan fingerprint density at radius 3 is 2.81 bits per heavy atom. The molecule has 10 heteroatoms. The molecule has 3 heterocycles. The van der Waals surface area contributed by atoms with Crippen LogP contribution >= 0.6 is 0 Å². The number of alkyl halides is 3. The summed E-state index contributed by atoms with van der Waals surface area (Å²) in [5.74, 6) is 0.788. The minimum Gasteiger partial charge on any atom is -0.454 e. The number of imidazole rings is 1. The molecule has 0 bridgehead atoms. The smallest absolute Gasteiger partial charge is 0.416 e. The minimum atomic E-state index is -4.49. The molecule has 2 aromatic carbocycles. The van der Waals surface area contributed by atoms with Crippen molar-refractivity contribution < 1.29 is 27.4 Å². The summed E-state index contributed by atoms with van der Waals surface area (Å²) >= 11 is 0. The Bertz CT molecular complexity index is 1330. The highest BCUT2D eigenvalue weighted by Gasteiger charge is 2.31. The molecule has 0 saturated carbocycles. The molecule has 0 atom stereocenters. The highest BCUT2D eigenvalue weighted by molar-refractivity contribution is 5.94. The molecule has 0 saturated heterocycles. The zero-order chi connectivity index (χ0) is 22.3. The maximum Gasteiger partial charge on any atom is 0.416 e. The van der Waals surface area contributed by atoms with Crippen LogP contribution in [0.15, 0.2) is 61.1 Å². The van der Waals surface area contributed by atoms with Gasteiger partial charge in [0.2, 0.25) is 12.6 Å². The number of hydrogen-bond acceptors (Lipinski definition) is 5. The third-order valence-electron chi connectivity index (χ3n) is 5.00. The number of carbonyl (C=O) groups is 1. The van der Waals surface area contributed by atoms with Gasteiger partial charge in [-0.3, -0.25) is 14.2 Å². The first-order valence-corrected chi connectivity index (χ1v) is 9.56. The molecule has 4 aromatic rings. The zero-order valence-corrected chi connectivity index (χ0v) is 16.4. The molecule has 1 amide bonds. The van der Waals surface area contributed by atoms with E-state index in [0.717, 1.165) is 17.7 Å². The molecule has 2 aromatic heterocycles. The molecule has 5 rings (SSSR count). The Labute approximate surface area is 179 Å². The van der Waals surface area contributed by atoms with Gasteiger partial charge in [0.05, 0.1) is 23.0 Å². The van der Waals surface area contributed by atoms with Gasteiger partial charge in [0.15, 0.2) is 11.5 Å². The molecule has 0 unspecified atom stereocenters. The van der Waals surface area contributed by atoms with Crippen LogP contribution in [-0.2, 0) is 12.7 Å². The number of nitrogens with one attached hydrogen (secondary N) is 1. The number of nitrogens with zero attached hydrogens (tertiary/aromatic N) is 3. The van der Waals surface area contributed by atoms with E-state index < -0.39 is 17.6 Å². The van der Waals surface area contributed by atoms with Crippen molar-refractivity contribution in [3.8, 4) is 22.8 Å². The summed E-state index contributed by atoms with van der Waals surface area (Å²) in [6.07, 6.45) is -0.0278. The lowest BCUT2D eigenvalue weighted by atomic mass is 10.1. The van der Waals surface area contributed by atoms with Gasteiger partial charge in [0.1, 0.15) is 0 Å². The van der Waals surface area contributed by atoms with Gasteiger partial charge in [-0.15, -0.1) is 0 Å². The number of halogens is 3. The molecule has 1 N–H and O–H groups in total. The highest BCUT2D eigenvalue weighted by Crippen LogP contribution is 2.34. The number of fused-ring (bicyclic) bond motifs is 2. The Hall–Kier alpha value is -4.08. The van der Waals surface area contributed by atoms with Crippen molar-refractivity contribution in [2.45, 2.75) is 12.7 Å². The topological polar surface area (TPSA) is 77.8 Å². The number of amides is 1. The van der Waals surface area contributed by atoms with Crippen LogP contribution in [0.5, 0.6) is 11.5 Å². The lowest BCUT2D eigenvalue weighted by Crippen LogP contribution is -2.25. The molecule has 32 heavy (non-hydrogen) atoms. The molecule has 1 aliphatic rings. The maximum atomic E-state index is 13.2. The molecular weight excluding hydrogens is 425 g/mol. The minimum absolute atomic E-state index is 0.0376. The largest absolute Gasteiger partial charge is 0.454 e. The molecule has 162 valence electrons. The Kier molecular flexibility index (Phi) is 4.69. The van der Waals surface area contributed by atoms with Crippen molar-refractivity contribution >= 4 is 11.4 Å². The van der Waals surface area contributed by atoms with Crippen LogP contribution < -0.4 is 14.8 Å². The third kappa shape index (κ3) is 3.59. The molecule has 7 nitrogen and oxygen atoms in total. The van der Waals surface area contributed by atoms with Crippen LogP contribution in [0.3, 0.4) is 0 Å². The van der Waals surface area contributed by atoms with Crippen molar-refractivity contribution in [2.75, 3.05) is 6.79 Å². The van der Waals surface area contributed by atoms with Crippen LogP contribution in [0.1, 0.15) is 21.7 Å². The standard InChI is InChI=1S/C22H15F3N4O3/c23-22(24,25)15-3-1-2-14(9-15)19-16-11-26-6-7-29(16)20(28-19)21(30)27-10-13-4-5-17-18(8-13)32-12-31-17/h1-9,11H,10,12H2,(H,27,30). The van der Waals surface area contributed by atoms with Crippen LogP contribution in [0, 0.1) is 0 Å². The number of carbonyl (C=O) groups excluding carboxylic acids is 1. The lowest BCUT2D eigenvalue weighted by Gasteiger charge is -2.07. The second-order valence-corrected chi connectivity index (χ2v) is 7.06. The molecular formula is C22H15F3N4O3. The number of rotatable bonds is 4. The average molecular weight is 440 g/mol. The van der Waals surface area contributed by atoms with Crippen LogP contribution in [0.2, 0.25) is 0 Å². The van der Waals surface area contributed by atoms with Gasteiger partial charge in [-0.1, -0.05) is 18.2 Å². The molecule has 0 radical (unpaired) electrons. The second-order valence-electron chi connectivity index (χ2n) is 7.06. The predicted molar refractivity (Wildman–Crippen MR) is 107 cm³/mol. The van der Waals surface area contributed by atoms with E-state index in [9.17, 15) is 18.0 Å². The number of ether oxygens (including phenoxy) is 2. The van der Waals surface area contributed by atoms with Crippen LogP contribution in [0.4, 0.5) is 13.2 Å². The first kappa shape index (κ1) is 19.9. The number of hydrogen-bond donors (Lipinski definition) is 1. The Morgan fingerprint density at radius 1 is 1.12 bits per heavy atom. The second kappa shape index (κ2) is 7.56. The first-order valence-electron chi connectivity index (χ1n) is 9.56. The van der Waals surface area contributed by atoms with E-state index in [1.54, 1.807) is 18.2 Å². The predicted octanol–water partition coefficient (Wildman–Crippen LogP) is 4.07. The fraction of sp³-hybridized carbons (Fsp3) is 0.136. The summed E-state index contributed by atoms with van der Waals surface area (Å²) in [5, 5.41) is 2.78. The Morgan fingerprint density at radius 2 is 1.97 bits per heavy atom. The summed E-state index contributed by atoms with van der Waals surface area (Å²) < 4.78 is 51.6. The molecule has 0 spiro atoms. The summed E-state index contributed by atoms with van der Waals surface area (Å²) in [5.41, 5.74) is 0.884. The normalized spacial score (nSPS) is 12.8. The quantitative estimate of drug-likeness (QED) is 0.518. The van der Waals surface area contributed by atoms with Crippen LogP contribution in [-0.4, -0.2) is 27.1 Å². The van der Waals surface area contributed by atoms with E-state index in [0.29, 0.717) is 17.0 Å². The monoisotopic (exact) mass is 440 g/mol. The fourth-order valence-corrected chi connectivity index (χ4v) is 3.47. The van der Waals surface area contributed by atoms with Crippen molar-refractivity contribution in [3.63, 3.8) is 0 Å². The third-order valence-corrected chi connectivity index (χ3v) is 5.00. The average Bonchev–Trinajstić information content (AvgIpc) is 3.41. The zero-order valence-electron chi connectivity index (χ0n) is 16.4. The van der Waals surface area contributed by atoms with E-state index in [-0.39, 0.29) is 30.4 Å². The van der Waals surface area contributed by atoms with Gasteiger partial charge in [-0.25, -0.2) is 4.98 Å². The van der Waals surface area contributed by atoms with E-state index in [1.165, 1.54) is 35.1 Å². The van der Waals surface area contributed by atoms with Gasteiger partial charge in [-0.05, 0) is 29.8 Å². The first-order chi connectivity index (χ1) is 15.4. The van der Waals surface area contributed by atoms with Gasteiger partial charge in [0.25, 0.3) is 5.91 Å². The van der Waals surface area contributed by atoms with Gasteiger partial charge in [0, 0.05) is 24.5 Å². The van der Waals surface area contributed by atoms with Crippen molar-refractivity contribution in [2.24, 2.45) is 0 Å². The van der Waals surface area contributed by atoms with E-state index in [4.69, 9.17) is 9.47 Å². The molecule has 1 aliphatic heterocycles. The molecule has 0 fully saturated rings. The SMILES string of the molecule is O=C(NCc1ccc2c(c1)OCO2)c1nc(-c2cccc(C(F)(F)F)c2)c2cnccn12. The van der Waals surface area contributed by atoms with Crippen LogP contribution in [0.25, 0.3) is 16.8 Å². The molecule has 0 aliphatic carbocycles. The number of aromatic nitrogens is 3. The lowest BCUT2D eigenvalue weighted by molar-refractivity contribution is -0.137. The summed E-state index contributed by atoms with van der Waals surface area (Å²) in [7, 11) is 0. The van der Waals surface area contributed by atoms with Crippen molar-refractivity contribution in [1.82, 2.24) is 19.7 Å². The summed E-state index contributed by atoms with van der Waals surface area (Å²) in [4.78, 5) is 21.3. The summed E-state index contributed by atoms with van der Waals surface area (Å²) in [6, 6.07) is 10.1. The van der Waals surface area contributed by atoms with E-state index >= 15 is 0 Å². The van der Waals surface area contributed by atoms with Crippen molar-refractivity contribution in [1.29, 1.82) is 0 Å². The number of benzene rings is 2. The van der Waals surface area contributed by atoms with Gasteiger partial charge < -0.3 is 14.8 Å². The van der Waals surface area contributed by atoms with E-state index in [2.05, 4.69) is 15.3 Å². The van der Waals surface area contributed by atoms with Gasteiger partial charge in [-0.2, -0.15) is 13.2 Å². The van der Waals surface area contributed by atoms with E-state index in [1.807, 2.05) is 0 Å². The fourth-order valence-electron chi connectivity index (χ4n) is 3.47.